The summed E-state index contributed by atoms with van der Waals surface area (Å²) in [5, 5.41) is 10.3. The first-order valence-electron chi connectivity index (χ1n) is 7.82. The van der Waals surface area contributed by atoms with Crippen molar-refractivity contribution in [2.75, 3.05) is 13.2 Å². The summed E-state index contributed by atoms with van der Waals surface area (Å²) in [5.41, 5.74) is 2.62. The van der Waals surface area contributed by atoms with Crippen LogP contribution in [0.15, 0.2) is 24.3 Å². The Hall–Kier alpha value is -0.900. The van der Waals surface area contributed by atoms with Crippen molar-refractivity contribution in [3.63, 3.8) is 0 Å². The van der Waals surface area contributed by atoms with Crippen molar-refractivity contribution in [3.05, 3.63) is 35.4 Å². The van der Waals surface area contributed by atoms with E-state index in [0.717, 1.165) is 38.9 Å². The molecule has 1 fully saturated rings. The normalized spacial score (nSPS) is 27.9. The maximum Gasteiger partial charge on any atom is 0.0852 e. The molecule has 0 bridgehead atoms. The molecule has 3 rings (SSSR count). The molecule has 0 aliphatic carbocycles. The first-order valence-corrected chi connectivity index (χ1v) is 7.82. The number of benzene rings is 1. The van der Waals surface area contributed by atoms with Crippen LogP contribution in [-0.4, -0.2) is 30.5 Å². The highest BCUT2D eigenvalue weighted by Crippen LogP contribution is 2.31. The second-order valence-corrected chi connectivity index (χ2v) is 5.92. The monoisotopic (exact) mass is 276 g/mol. The third kappa shape index (κ3) is 3.40. The number of aliphatic hydroxyl groups excluding tert-OH is 1. The van der Waals surface area contributed by atoms with Crippen molar-refractivity contribution in [1.82, 2.24) is 0 Å². The van der Waals surface area contributed by atoms with E-state index in [-0.39, 0.29) is 18.3 Å². The van der Waals surface area contributed by atoms with Gasteiger partial charge in [-0.3, -0.25) is 0 Å². The van der Waals surface area contributed by atoms with Gasteiger partial charge < -0.3 is 14.6 Å². The van der Waals surface area contributed by atoms with Crippen molar-refractivity contribution >= 4 is 0 Å². The maximum atomic E-state index is 10.3. The number of aliphatic hydroxyl groups is 1. The summed E-state index contributed by atoms with van der Waals surface area (Å²) in [6.07, 6.45) is 5.80. The number of hydrogen-bond donors (Lipinski definition) is 1. The summed E-state index contributed by atoms with van der Waals surface area (Å²) in [6.45, 7) is 1.61. The number of rotatable bonds is 4. The van der Waals surface area contributed by atoms with Gasteiger partial charge in [0.1, 0.15) is 0 Å². The third-order valence-electron chi connectivity index (χ3n) is 4.39. The predicted molar refractivity (Wildman–Crippen MR) is 77.7 cm³/mol. The molecule has 2 aliphatic rings. The van der Waals surface area contributed by atoms with E-state index in [2.05, 4.69) is 24.3 Å². The Bertz CT molecular complexity index is 426. The van der Waals surface area contributed by atoms with Crippen LogP contribution < -0.4 is 0 Å². The van der Waals surface area contributed by atoms with E-state index in [1.807, 2.05) is 0 Å². The molecule has 1 aromatic carbocycles. The Morgan fingerprint density at radius 1 is 1.10 bits per heavy atom. The minimum absolute atomic E-state index is 0.0403. The van der Waals surface area contributed by atoms with Crippen LogP contribution in [0.2, 0.25) is 0 Å². The first kappa shape index (κ1) is 14.1. The molecular weight excluding hydrogens is 252 g/mol. The minimum atomic E-state index is -0.339. The Morgan fingerprint density at radius 3 is 2.85 bits per heavy atom. The van der Waals surface area contributed by atoms with Crippen LogP contribution in [0, 0.1) is 0 Å². The maximum absolute atomic E-state index is 10.3. The highest BCUT2D eigenvalue weighted by atomic mass is 16.5. The molecule has 110 valence electrons. The molecule has 0 amide bonds. The smallest absolute Gasteiger partial charge is 0.0852 e. The van der Waals surface area contributed by atoms with Crippen molar-refractivity contribution in [2.24, 2.45) is 0 Å². The van der Waals surface area contributed by atoms with Gasteiger partial charge in [-0.15, -0.1) is 0 Å². The quantitative estimate of drug-likeness (QED) is 0.918. The molecule has 0 spiro atoms. The SMILES string of the molecule is OC(CC1CCCCO1)CC1OCCc2ccccc21. The molecule has 3 nitrogen and oxygen atoms in total. The lowest BCUT2D eigenvalue weighted by Gasteiger charge is -2.30. The van der Waals surface area contributed by atoms with Crippen LogP contribution in [0.3, 0.4) is 0 Å². The Morgan fingerprint density at radius 2 is 2.00 bits per heavy atom. The Balaban J connectivity index is 1.57. The van der Waals surface area contributed by atoms with Crippen LogP contribution in [0.4, 0.5) is 0 Å². The highest BCUT2D eigenvalue weighted by molar-refractivity contribution is 5.30. The lowest BCUT2D eigenvalue weighted by Crippen LogP contribution is -2.27. The molecule has 2 heterocycles. The van der Waals surface area contributed by atoms with E-state index in [1.165, 1.54) is 17.5 Å². The molecular formula is C17H24O3. The van der Waals surface area contributed by atoms with Gasteiger partial charge in [-0.05, 0) is 43.2 Å². The zero-order chi connectivity index (χ0) is 13.8. The first-order chi connectivity index (χ1) is 9.83. The zero-order valence-corrected chi connectivity index (χ0v) is 12.0. The predicted octanol–water partition coefficient (Wildman–Crippen LogP) is 3.01. The molecule has 3 unspecified atom stereocenters. The summed E-state index contributed by atoms with van der Waals surface area (Å²) in [6, 6.07) is 8.43. The average Bonchev–Trinajstić information content (AvgIpc) is 2.48. The topological polar surface area (TPSA) is 38.7 Å². The molecule has 0 saturated carbocycles. The Kier molecular flexibility index (Phi) is 4.71. The van der Waals surface area contributed by atoms with Crippen LogP contribution in [0.5, 0.6) is 0 Å². The van der Waals surface area contributed by atoms with E-state index < -0.39 is 0 Å². The van der Waals surface area contributed by atoms with Gasteiger partial charge in [-0.1, -0.05) is 24.3 Å². The molecule has 0 aromatic heterocycles. The molecule has 1 saturated heterocycles. The molecule has 20 heavy (non-hydrogen) atoms. The molecule has 1 N–H and O–H groups in total. The second kappa shape index (κ2) is 6.70. The fourth-order valence-corrected chi connectivity index (χ4v) is 3.31. The third-order valence-corrected chi connectivity index (χ3v) is 4.39. The van der Waals surface area contributed by atoms with E-state index in [9.17, 15) is 5.11 Å². The molecule has 0 radical (unpaired) electrons. The lowest BCUT2D eigenvalue weighted by molar-refractivity contribution is -0.0380. The van der Waals surface area contributed by atoms with Gasteiger partial charge in [0, 0.05) is 13.0 Å². The lowest BCUT2D eigenvalue weighted by atomic mass is 9.92. The summed E-state index contributed by atoms with van der Waals surface area (Å²) in [4.78, 5) is 0. The van der Waals surface area contributed by atoms with E-state index in [0.29, 0.717) is 6.42 Å². The van der Waals surface area contributed by atoms with Crippen molar-refractivity contribution in [3.8, 4) is 0 Å². The van der Waals surface area contributed by atoms with Crippen LogP contribution >= 0.6 is 0 Å². The summed E-state index contributed by atoms with van der Waals surface area (Å²) in [5.74, 6) is 0. The number of ether oxygens (including phenoxy) is 2. The van der Waals surface area contributed by atoms with Crippen molar-refractivity contribution in [1.29, 1.82) is 0 Å². The van der Waals surface area contributed by atoms with Gasteiger partial charge in [0.2, 0.25) is 0 Å². The average molecular weight is 276 g/mol. The van der Waals surface area contributed by atoms with Gasteiger partial charge in [-0.25, -0.2) is 0 Å². The molecule has 2 aliphatic heterocycles. The second-order valence-electron chi connectivity index (χ2n) is 5.92. The molecule has 3 atom stereocenters. The van der Waals surface area contributed by atoms with Crippen molar-refractivity contribution < 1.29 is 14.6 Å². The van der Waals surface area contributed by atoms with Crippen LogP contribution in [-0.2, 0) is 15.9 Å². The van der Waals surface area contributed by atoms with E-state index >= 15 is 0 Å². The zero-order valence-electron chi connectivity index (χ0n) is 12.0. The Labute approximate surface area is 120 Å². The summed E-state index contributed by atoms with van der Waals surface area (Å²) >= 11 is 0. The van der Waals surface area contributed by atoms with Crippen molar-refractivity contribution in [2.45, 2.75) is 56.8 Å². The standard InChI is InChI=1S/C17H24O3/c18-14(11-15-6-3-4-9-19-15)12-17-16-7-2-1-5-13(16)8-10-20-17/h1-2,5,7,14-15,17-18H,3-4,6,8-12H2. The highest BCUT2D eigenvalue weighted by Gasteiger charge is 2.25. The van der Waals surface area contributed by atoms with Gasteiger partial charge in [0.05, 0.1) is 24.9 Å². The van der Waals surface area contributed by atoms with E-state index in [4.69, 9.17) is 9.47 Å². The van der Waals surface area contributed by atoms with Gasteiger partial charge in [0.25, 0.3) is 0 Å². The summed E-state index contributed by atoms with van der Waals surface area (Å²) in [7, 11) is 0. The summed E-state index contributed by atoms with van der Waals surface area (Å²) < 4.78 is 11.6. The van der Waals surface area contributed by atoms with Gasteiger partial charge in [0.15, 0.2) is 0 Å². The largest absolute Gasteiger partial charge is 0.393 e. The fourth-order valence-electron chi connectivity index (χ4n) is 3.31. The van der Waals surface area contributed by atoms with E-state index in [1.54, 1.807) is 0 Å². The van der Waals surface area contributed by atoms with Gasteiger partial charge >= 0.3 is 0 Å². The number of hydrogen-bond acceptors (Lipinski definition) is 3. The number of fused-ring (bicyclic) bond motifs is 1. The van der Waals surface area contributed by atoms with Crippen LogP contribution in [0.1, 0.15) is 49.3 Å². The molecule has 3 heteroatoms. The molecule has 1 aromatic rings. The fraction of sp³-hybridized carbons (Fsp3) is 0.647. The van der Waals surface area contributed by atoms with Gasteiger partial charge in [-0.2, -0.15) is 0 Å². The van der Waals surface area contributed by atoms with Crippen LogP contribution in [0.25, 0.3) is 0 Å². The minimum Gasteiger partial charge on any atom is -0.393 e.